The molecule has 0 saturated heterocycles. The van der Waals surface area contributed by atoms with E-state index in [0.717, 1.165) is 29.7 Å². The first-order chi connectivity index (χ1) is 7.34. The van der Waals surface area contributed by atoms with Crippen LogP contribution in [0.25, 0.3) is 11.3 Å². The lowest BCUT2D eigenvalue weighted by molar-refractivity contribution is 0.625. The quantitative estimate of drug-likeness (QED) is 0.635. The lowest BCUT2D eigenvalue weighted by atomic mass is 9.89. The van der Waals surface area contributed by atoms with Crippen LogP contribution in [0.3, 0.4) is 0 Å². The number of benzene rings is 1. The van der Waals surface area contributed by atoms with Crippen molar-refractivity contribution >= 4 is 0 Å². The Balaban J connectivity index is 2.26. The van der Waals surface area contributed by atoms with Crippen molar-refractivity contribution in [3.8, 4) is 11.3 Å². The Morgan fingerprint density at radius 1 is 1.07 bits per heavy atom. The monoisotopic (exact) mass is 199 g/mol. The Hall–Kier alpha value is -1.70. The van der Waals surface area contributed by atoms with Crippen molar-refractivity contribution in [2.45, 2.75) is 12.8 Å². The minimum absolute atomic E-state index is 0.159. The SMILES string of the molecule is Fc1ccc2c(c1)CCc1cccnc1-2. The molecule has 2 aromatic rings. The molecule has 0 spiro atoms. The van der Waals surface area contributed by atoms with Gasteiger partial charge in [-0.3, -0.25) is 4.98 Å². The van der Waals surface area contributed by atoms with E-state index in [-0.39, 0.29) is 5.82 Å². The second kappa shape index (κ2) is 3.16. The van der Waals surface area contributed by atoms with Gasteiger partial charge in [-0.1, -0.05) is 6.07 Å². The van der Waals surface area contributed by atoms with Crippen LogP contribution in [0.5, 0.6) is 0 Å². The maximum Gasteiger partial charge on any atom is 0.123 e. The number of fused-ring (bicyclic) bond motifs is 3. The summed E-state index contributed by atoms with van der Waals surface area (Å²) in [6.45, 7) is 0. The third-order valence-corrected chi connectivity index (χ3v) is 2.88. The number of hydrogen-bond acceptors (Lipinski definition) is 1. The molecule has 2 heteroatoms. The zero-order valence-corrected chi connectivity index (χ0v) is 8.20. The highest BCUT2D eigenvalue weighted by molar-refractivity contribution is 5.69. The summed E-state index contributed by atoms with van der Waals surface area (Å²) in [7, 11) is 0. The maximum absolute atomic E-state index is 13.1. The van der Waals surface area contributed by atoms with Crippen molar-refractivity contribution < 1.29 is 4.39 Å². The van der Waals surface area contributed by atoms with Crippen LogP contribution < -0.4 is 0 Å². The fraction of sp³-hybridized carbons (Fsp3) is 0.154. The molecule has 0 radical (unpaired) electrons. The van der Waals surface area contributed by atoms with Crippen molar-refractivity contribution in [3.05, 3.63) is 53.5 Å². The molecular formula is C13H10FN. The average Bonchev–Trinajstić information content (AvgIpc) is 2.28. The van der Waals surface area contributed by atoms with E-state index < -0.39 is 0 Å². The van der Waals surface area contributed by atoms with Gasteiger partial charge in [0.25, 0.3) is 0 Å². The molecule has 0 atom stereocenters. The van der Waals surface area contributed by atoms with Gasteiger partial charge >= 0.3 is 0 Å². The second-order valence-electron chi connectivity index (χ2n) is 3.81. The summed E-state index contributed by atoms with van der Waals surface area (Å²) in [5.41, 5.74) is 4.43. The third-order valence-electron chi connectivity index (χ3n) is 2.88. The van der Waals surface area contributed by atoms with Crippen molar-refractivity contribution in [3.63, 3.8) is 0 Å². The molecule has 0 aliphatic heterocycles. The number of rotatable bonds is 0. The van der Waals surface area contributed by atoms with E-state index in [9.17, 15) is 4.39 Å². The van der Waals surface area contributed by atoms with E-state index in [0.29, 0.717) is 0 Å². The topological polar surface area (TPSA) is 12.9 Å². The standard InChI is InChI=1S/C13H10FN/c14-11-5-6-12-10(8-11)4-3-9-2-1-7-15-13(9)12/h1-2,5-8H,3-4H2. The van der Waals surface area contributed by atoms with Gasteiger partial charge in [0.1, 0.15) is 5.82 Å². The van der Waals surface area contributed by atoms with Gasteiger partial charge in [0, 0.05) is 11.8 Å². The molecule has 1 aromatic heterocycles. The molecule has 0 fully saturated rings. The number of aromatic nitrogens is 1. The Bertz CT molecular complexity index is 520. The van der Waals surface area contributed by atoms with Crippen molar-refractivity contribution in [2.75, 3.05) is 0 Å². The van der Waals surface area contributed by atoms with Crippen LogP contribution in [-0.4, -0.2) is 4.98 Å². The lowest BCUT2D eigenvalue weighted by Crippen LogP contribution is -2.05. The van der Waals surface area contributed by atoms with E-state index in [4.69, 9.17) is 0 Å². The van der Waals surface area contributed by atoms with Crippen molar-refractivity contribution in [1.82, 2.24) is 4.98 Å². The molecule has 1 aliphatic rings. The first kappa shape index (κ1) is 8.60. The number of hydrogen-bond donors (Lipinski definition) is 0. The van der Waals surface area contributed by atoms with Crippen LogP contribution in [0, 0.1) is 5.82 Å². The Labute approximate surface area is 87.6 Å². The van der Waals surface area contributed by atoms with Gasteiger partial charge < -0.3 is 0 Å². The molecule has 1 heterocycles. The molecule has 1 nitrogen and oxygen atoms in total. The lowest BCUT2D eigenvalue weighted by Gasteiger charge is -2.18. The third kappa shape index (κ3) is 1.33. The smallest absolute Gasteiger partial charge is 0.123 e. The zero-order chi connectivity index (χ0) is 10.3. The molecule has 0 bridgehead atoms. The van der Waals surface area contributed by atoms with Gasteiger partial charge in [-0.25, -0.2) is 4.39 Å². The molecule has 0 N–H and O–H groups in total. The van der Waals surface area contributed by atoms with Crippen LogP contribution >= 0.6 is 0 Å². The highest BCUT2D eigenvalue weighted by atomic mass is 19.1. The van der Waals surface area contributed by atoms with Gasteiger partial charge in [-0.2, -0.15) is 0 Å². The molecular weight excluding hydrogens is 189 g/mol. The first-order valence-electron chi connectivity index (χ1n) is 5.07. The predicted molar refractivity (Wildman–Crippen MR) is 57.0 cm³/mol. The number of aryl methyl sites for hydroxylation is 2. The largest absolute Gasteiger partial charge is 0.256 e. The van der Waals surface area contributed by atoms with Gasteiger partial charge in [0.15, 0.2) is 0 Å². The summed E-state index contributed by atoms with van der Waals surface area (Å²) >= 11 is 0. The van der Waals surface area contributed by atoms with Crippen LogP contribution in [0.4, 0.5) is 4.39 Å². The Kier molecular flexibility index (Phi) is 1.81. The molecule has 74 valence electrons. The fourth-order valence-corrected chi connectivity index (χ4v) is 2.15. The van der Waals surface area contributed by atoms with Crippen LogP contribution in [0.2, 0.25) is 0 Å². The van der Waals surface area contributed by atoms with Gasteiger partial charge in [0.05, 0.1) is 5.69 Å². The second-order valence-corrected chi connectivity index (χ2v) is 3.81. The van der Waals surface area contributed by atoms with Gasteiger partial charge in [-0.05, 0) is 48.2 Å². The average molecular weight is 199 g/mol. The first-order valence-corrected chi connectivity index (χ1v) is 5.07. The summed E-state index contributed by atoms with van der Waals surface area (Å²) in [6, 6.07) is 8.99. The highest BCUT2D eigenvalue weighted by Gasteiger charge is 2.16. The summed E-state index contributed by atoms with van der Waals surface area (Å²) in [5, 5.41) is 0. The minimum atomic E-state index is -0.159. The van der Waals surface area contributed by atoms with E-state index in [1.165, 1.54) is 11.6 Å². The number of halogens is 1. The number of nitrogens with zero attached hydrogens (tertiary/aromatic N) is 1. The molecule has 0 saturated carbocycles. The Morgan fingerprint density at radius 2 is 1.93 bits per heavy atom. The molecule has 0 unspecified atom stereocenters. The van der Waals surface area contributed by atoms with Gasteiger partial charge in [0.2, 0.25) is 0 Å². The maximum atomic E-state index is 13.1. The molecule has 3 rings (SSSR count). The zero-order valence-electron chi connectivity index (χ0n) is 8.20. The van der Waals surface area contributed by atoms with Crippen LogP contribution in [0.15, 0.2) is 36.5 Å². The molecule has 1 aromatic carbocycles. The van der Waals surface area contributed by atoms with Gasteiger partial charge in [-0.15, -0.1) is 0 Å². The van der Waals surface area contributed by atoms with Crippen LogP contribution in [0.1, 0.15) is 11.1 Å². The summed E-state index contributed by atoms with van der Waals surface area (Å²) < 4.78 is 13.1. The van der Waals surface area contributed by atoms with E-state index in [1.807, 2.05) is 12.1 Å². The Morgan fingerprint density at radius 3 is 2.87 bits per heavy atom. The fourth-order valence-electron chi connectivity index (χ4n) is 2.15. The van der Waals surface area contributed by atoms with Crippen LogP contribution in [-0.2, 0) is 12.8 Å². The number of pyridine rings is 1. The minimum Gasteiger partial charge on any atom is -0.256 e. The normalized spacial score (nSPS) is 13.1. The highest BCUT2D eigenvalue weighted by Crippen LogP contribution is 2.31. The van der Waals surface area contributed by atoms with E-state index in [1.54, 1.807) is 12.3 Å². The predicted octanol–water partition coefficient (Wildman–Crippen LogP) is 2.99. The summed E-state index contributed by atoms with van der Waals surface area (Å²) in [6.07, 6.45) is 3.66. The van der Waals surface area contributed by atoms with Crippen molar-refractivity contribution in [1.29, 1.82) is 0 Å². The van der Waals surface area contributed by atoms with E-state index in [2.05, 4.69) is 11.1 Å². The molecule has 15 heavy (non-hydrogen) atoms. The molecule has 1 aliphatic carbocycles. The van der Waals surface area contributed by atoms with E-state index >= 15 is 0 Å². The summed E-state index contributed by atoms with van der Waals surface area (Å²) in [5.74, 6) is -0.159. The summed E-state index contributed by atoms with van der Waals surface area (Å²) in [4.78, 5) is 4.37. The van der Waals surface area contributed by atoms with Crippen molar-refractivity contribution in [2.24, 2.45) is 0 Å². The molecule has 0 amide bonds.